The molecule has 0 radical (unpaired) electrons. The van der Waals surface area contributed by atoms with Crippen molar-refractivity contribution in [2.75, 3.05) is 0 Å². The number of aromatic nitrogens is 1. The van der Waals surface area contributed by atoms with E-state index in [-0.39, 0.29) is 5.75 Å². The van der Waals surface area contributed by atoms with Crippen molar-refractivity contribution in [3.63, 3.8) is 0 Å². The van der Waals surface area contributed by atoms with Crippen LogP contribution in [-0.4, -0.2) is 16.1 Å². The molecule has 1 aromatic heterocycles. The van der Waals surface area contributed by atoms with E-state index in [1.54, 1.807) is 23.5 Å². The summed E-state index contributed by atoms with van der Waals surface area (Å²) >= 11 is 1.69. The zero-order valence-corrected chi connectivity index (χ0v) is 9.45. The molecule has 1 aromatic carbocycles. The largest absolute Gasteiger partial charge is 0.508 e. The van der Waals surface area contributed by atoms with Crippen LogP contribution in [0.1, 0.15) is 17.2 Å². The summed E-state index contributed by atoms with van der Waals surface area (Å²) in [6, 6.07) is 7.45. The molecule has 16 heavy (non-hydrogen) atoms. The van der Waals surface area contributed by atoms with Gasteiger partial charge in [-0.2, -0.15) is 0 Å². The number of nitrogens with zero attached hydrogens (tertiary/aromatic N) is 1. The van der Waals surface area contributed by atoms with E-state index in [4.69, 9.17) is 5.73 Å². The van der Waals surface area contributed by atoms with Crippen LogP contribution in [0.15, 0.2) is 30.5 Å². The number of phenols is 1. The topological polar surface area (TPSA) is 59.1 Å². The first-order valence-electron chi connectivity index (χ1n) is 5.25. The Morgan fingerprint density at radius 1 is 1.31 bits per heavy atom. The zero-order chi connectivity index (χ0) is 11.1. The van der Waals surface area contributed by atoms with Crippen LogP contribution in [0.2, 0.25) is 0 Å². The van der Waals surface area contributed by atoms with Crippen molar-refractivity contribution in [1.29, 1.82) is 0 Å². The van der Waals surface area contributed by atoms with Crippen molar-refractivity contribution >= 4 is 11.3 Å². The second kappa shape index (κ2) is 3.57. The van der Waals surface area contributed by atoms with E-state index in [9.17, 15) is 5.11 Å². The van der Waals surface area contributed by atoms with Gasteiger partial charge < -0.3 is 10.8 Å². The minimum atomic E-state index is 0.282. The molecule has 3 nitrogen and oxygen atoms in total. The highest BCUT2D eigenvalue weighted by molar-refractivity contribution is 7.15. The number of phenolic OH excluding ortho intramolecular Hbond substituents is 1. The number of aromatic hydroxyl groups is 1. The monoisotopic (exact) mass is 232 g/mol. The fraction of sp³-hybridized carbons (Fsp3) is 0.250. The maximum absolute atomic E-state index is 9.21. The molecule has 1 saturated carbocycles. The highest BCUT2D eigenvalue weighted by Crippen LogP contribution is 2.43. The number of rotatable bonds is 2. The summed E-state index contributed by atoms with van der Waals surface area (Å²) in [7, 11) is 0. The van der Waals surface area contributed by atoms with Gasteiger partial charge in [0, 0.05) is 28.6 Å². The fourth-order valence-corrected chi connectivity index (χ4v) is 2.85. The second-order valence-corrected chi connectivity index (χ2v) is 5.18. The molecule has 0 saturated heterocycles. The Hall–Kier alpha value is -1.39. The van der Waals surface area contributed by atoms with Crippen LogP contribution in [0, 0.1) is 0 Å². The molecule has 2 atom stereocenters. The van der Waals surface area contributed by atoms with Crippen molar-refractivity contribution in [1.82, 2.24) is 4.98 Å². The van der Waals surface area contributed by atoms with Crippen LogP contribution >= 0.6 is 11.3 Å². The van der Waals surface area contributed by atoms with Crippen LogP contribution < -0.4 is 5.73 Å². The fourth-order valence-electron chi connectivity index (χ4n) is 1.74. The van der Waals surface area contributed by atoms with Gasteiger partial charge in [0.25, 0.3) is 0 Å². The van der Waals surface area contributed by atoms with Gasteiger partial charge in [-0.15, -0.1) is 11.3 Å². The third kappa shape index (κ3) is 1.70. The summed E-state index contributed by atoms with van der Waals surface area (Å²) < 4.78 is 0. The molecule has 0 amide bonds. The molecule has 1 aliphatic rings. The highest BCUT2D eigenvalue weighted by atomic mass is 32.1. The average Bonchev–Trinajstić information content (AvgIpc) is 2.82. The van der Waals surface area contributed by atoms with Crippen LogP contribution in [0.25, 0.3) is 10.6 Å². The third-order valence-corrected chi connectivity index (χ3v) is 4.02. The lowest BCUT2D eigenvalue weighted by Crippen LogP contribution is -1.99. The van der Waals surface area contributed by atoms with Crippen LogP contribution in [0.3, 0.4) is 0 Å². The first-order valence-corrected chi connectivity index (χ1v) is 6.06. The predicted octanol–water partition coefficient (Wildman–Crippen LogP) is 2.33. The molecule has 0 unspecified atom stereocenters. The Morgan fingerprint density at radius 2 is 2.00 bits per heavy atom. The minimum absolute atomic E-state index is 0.282. The minimum Gasteiger partial charge on any atom is -0.508 e. The summed E-state index contributed by atoms with van der Waals surface area (Å²) in [5, 5.41) is 10.2. The molecule has 2 aromatic rings. The summed E-state index contributed by atoms with van der Waals surface area (Å²) in [6.07, 6.45) is 3.00. The number of nitrogens with two attached hydrogens (primary N) is 1. The lowest BCUT2D eigenvalue weighted by Gasteiger charge is -1.95. The molecule has 1 fully saturated rings. The molecule has 82 valence electrons. The smallest absolute Gasteiger partial charge is 0.123 e. The van der Waals surface area contributed by atoms with E-state index in [1.807, 2.05) is 18.3 Å². The van der Waals surface area contributed by atoms with Crippen molar-refractivity contribution in [2.45, 2.75) is 18.4 Å². The summed E-state index contributed by atoms with van der Waals surface area (Å²) in [5.41, 5.74) is 6.86. The molecular formula is C12H12N2OS. The maximum atomic E-state index is 9.21. The summed E-state index contributed by atoms with van der Waals surface area (Å²) in [6.45, 7) is 0. The van der Waals surface area contributed by atoms with Gasteiger partial charge in [-0.1, -0.05) is 0 Å². The van der Waals surface area contributed by atoms with Crippen molar-refractivity contribution in [2.24, 2.45) is 5.73 Å². The summed E-state index contributed by atoms with van der Waals surface area (Å²) in [5.74, 6) is 0.799. The predicted molar refractivity (Wildman–Crippen MR) is 64.5 cm³/mol. The molecule has 0 bridgehead atoms. The average molecular weight is 232 g/mol. The third-order valence-electron chi connectivity index (χ3n) is 2.84. The van der Waals surface area contributed by atoms with E-state index < -0.39 is 0 Å². The van der Waals surface area contributed by atoms with Crippen LogP contribution in [-0.2, 0) is 0 Å². The molecule has 4 heteroatoms. The van der Waals surface area contributed by atoms with Gasteiger partial charge >= 0.3 is 0 Å². The van der Waals surface area contributed by atoms with Crippen molar-refractivity contribution in [3.8, 4) is 16.3 Å². The van der Waals surface area contributed by atoms with Crippen LogP contribution in [0.5, 0.6) is 5.75 Å². The van der Waals surface area contributed by atoms with Gasteiger partial charge in [-0.25, -0.2) is 4.98 Å². The Morgan fingerprint density at radius 3 is 2.62 bits per heavy atom. The van der Waals surface area contributed by atoms with E-state index in [2.05, 4.69) is 4.98 Å². The molecule has 0 spiro atoms. The number of benzene rings is 1. The number of hydrogen-bond donors (Lipinski definition) is 2. The van der Waals surface area contributed by atoms with Crippen molar-refractivity contribution in [3.05, 3.63) is 35.3 Å². The number of hydrogen-bond acceptors (Lipinski definition) is 4. The van der Waals surface area contributed by atoms with Crippen LogP contribution in [0.4, 0.5) is 0 Å². The van der Waals surface area contributed by atoms with Gasteiger partial charge in [0.05, 0.1) is 0 Å². The Kier molecular flexibility index (Phi) is 2.19. The van der Waals surface area contributed by atoms with Gasteiger partial charge in [0.1, 0.15) is 10.8 Å². The highest BCUT2D eigenvalue weighted by Gasteiger charge is 2.36. The Bertz CT molecular complexity index is 506. The van der Waals surface area contributed by atoms with Gasteiger partial charge in [0.2, 0.25) is 0 Å². The van der Waals surface area contributed by atoms with E-state index in [0.29, 0.717) is 12.0 Å². The summed E-state index contributed by atoms with van der Waals surface area (Å²) in [4.78, 5) is 5.67. The molecule has 1 aliphatic carbocycles. The molecule has 3 N–H and O–H groups in total. The second-order valence-electron chi connectivity index (χ2n) is 4.12. The van der Waals surface area contributed by atoms with Gasteiger partial charge in [0.15, 0.2) is 0 Å². The van der Waals surface area contributed by atoms with E-state index in [0.717, 1.165) is 17.0 Å². The normalized spacial score (nSPS) is 23.3. The SMILES string of the molecule is N[C@H]1C[C@@H]1c1cnc(-c2ccc(O)cc2)s1. The van der Waals surface area contributed by atoms with Crippen molar-refractivity contribution < 1.29 is 5.11 Å². The molecule has 3 rings (SSSR count). The van der Waals surface area contributed by atoms with Gasteiger partial charge in [-0.3, -0.25) is 0 Å². The van der Waals surface area contributed by atoms with E-state index in [1.165, 1.54) is 4.88 Å². The standard InChI is InChI=1S/C12H12N2OS/c13-10-5-9(10)11-6-14-12(16-11)7-1-3-8(15)4-2-7/h1-4,6,9-10,15H,5,13H2/t9-,10-/m0/s1. The molecular weight excluding hydrogens is 220 g/mol. The lowest BCUT2D eigenvalue weighted by molar-refractivity contribution is 0.475. The van der Waals surface area contributed by atoms with E-state index >= 15 is 0 Å². The molecule has 0 aliphatic heterocycles. The Labute approximate surface area is 97.6 Å². The van der Waals surface area contributed by atoms with Gasteiger partial charge in [-0.05, 0) is 30.7 Å². The zero-order valence-electron chi connectivity index (χ0n) is 8.63. The first kappa shape index (κ1) is 9.81. The first-order chi connectivity index (χ1) is 7.74. The lowest BCUT2D eigenvalue weighted by atomic mass is 10.2. The Balaban J connectivity index is 1.89. The molecule has 1 heterocycles. The number of thiazole rings is 1. The maximum Gasteiger partial charge on any atom is 0.123 e. The quantitative estimate of drug-likeness (QED) is 0.835.